The van der Waals surface area contributed by atoms with Crippen LogP contribution in [0.3, 0.4) is 0 Å². The molecule has 2 aliphatic rings. The lowest BCUT2D eigenvalue weighted by atomic mass is 10.2. The smallest absolute Gasteiger partial charge is 0.252 e. The number of nitriles is 1. The average Bonchev–Trinajstić information content (AvgIpc) is 3.63. The number of hydrogen-bond donors (Lipinski definition) is 0. The number of anilines is 2. The Morgan fingerprint density at radius 1 is 1.21 bits per heavy atom. The molecule has 28 heavy (non-hydrogen) atoms. The Kier molecular flexibility index (Phi) is 3.90. The first kappa shape index (κ1) is 16.9. The molecule has 0 bridgehead atoms. The van der Waals surface area contributed by atoms with E-state index in [0.29, 0.717) is 23.0 Å². The summed E-state index contributed by atoms with van der Waals surface area (Å²) in [5.74, 6) is 1.22. The van der Waals surface area contributed by atoms with Crippen molar-refractivity contribution in [3.8, 4) is 6.07 Å². The highest BCUT2D eigenvalue weighted by atomic mass is 16.1. The van der Waals surface area contributed by atoms with E-state index in [9.17, 15) is 10.1 Å². The summed E-state index contributed by atoms with van der Waals surface area (Å²) in [5, 5.41) is 9.31. The van der Waals surface area contributed by atoms with Crippen LogP contribution in [0.25, 0.3) is 11.0 Å². The van der Waals surface area contributed by atoms with Gasteiger partial charge in [0.1, 0.15) is 17.3 Å². The number of nitrogens with zero attached hydrogens (tertiary/aromatic N) is 5. The molecule has 140 valence electrons. The van der Waals surface area contributed by atoms with Crippen molar-refractivity contribution in [2.45, 2.75) is 31.6 Å². The summed E-state index contributed by atoms with van der Waals surface area (Å²) >= 11 is 0. The molecule has 6 nitrogen and oxygen atoms in total. The van der Waals surface area contributed by atoms with Gasteiger partial charge in [-0.1, -0.05) is 0 Å². The lowest BCUT2D eigenvalue weighted by Crippen LogP contribution is -2.25. The molecule has 3 aromatic heterocycles. The zero-order valence-corrected chi connectivity index (χ0v) is 15.8. The third-order valence-corrected chi connectivity index (χ3v) is 5.69. The van der Waals surface area contributed by atoms with Crippen molar-refractivity contribution in [3.63, 3.8) is 0 Å². The minimum Gasteiger partial charge on any atom is -0.338 e. The number of hydrogen-bond acceptors (Lipinski definition) is 5. The van der Waals surface area contributed by atoms with Gasteiger partial charge in [-0.15, -0.1) is 0 Å². The summed E-state index contributed by atoms with van der Waals surface area (Å²) in [5.41, 5.74) is 4.53. The molecule has 0 amide bonds. The zero-order valence-electron chi connectivity index (χ0n) is 15.8. The molecule has 0 aromatic carbocycles. The topological polar surface area (TPSA) is 74.8 Å². The molecule has 0 aliphatic heterocycles. The van der Waals surface area contributed by atoms with Crippen LogP contribution >= 0.6 is 0 Å². The van der Waals surface area contributed by atoms with Crippen LogP contribution in [0.15, 0.2) is 41.3 Å². The Labute approximate surface area is 163 Å². The fourth-order valence-electron chi connectivity index (χ4n) is 3.66. The summed E-state index contributed by atoms with van der Waals surface area (Å²) in [6, 6.07) is 11.4. The van der Waals surface area contributed by atoms with Gasteiger partial charge in [-0.2, -0.15) is 5.26 Å². The van der Waals surface area contributed by atoms with Crippen LogP contribution in [-0.2, 0) is 7.05 Å². The molecule has 0 N–H and O–H groups in total. The monoisotopic (exact) mass is 371 g/mol. The van der Waals surface area contributed by atoms with E-state index in [-0.39, 0.29) is 5.56 Å². The van der Waals surface area contributed by atoms with Crippen LogP contribution in [0.5, 0.6) is 0 Å². The first-order valence-corrected chi connectivity index (χ1v) is 9.78. The Morgan fingerprint density at radius 2 is 2.04 bits per heavy atom. The molecule has 3 heterocycles. The third kappa shape index (κ3) is 3.03. The van der Waals surface area contributed by atoms with Gasteiger partial charge >= 0.3 is 0 Å². The van der Waals surface area contributed by atoms with Crippen molar-refractivity contribution in [1.82, 2.24) is 14.5 Å². The maximum Gasteiger partial charge on any atom is 0.252 e. The molecule has 0 spiro atoms. The highest BCUT2D eigenvalue weighted by molar-refractivity contribution is 5.91. The van der Waals surface area contributed by atoms with Crippen LogP contribution in [-0.4, -0.2) is 21.1 Å². The largest absolute Gasteiger partial charge is 0.338 e. The molecule has 0 atom stereocenters. The lowest BCUT2D eigenvalue weighted by Gasteiger charge is -2.26. The molecule has 0 saturated heterocycles. The zero-order chi connectivity index (χ0) is 19.3. The predicted molar refractivity (Wildman–Crippen MR) is 108 cm³/mol. The molecule has 6 heteroatoms. The van der Waals surface area contributed by atoms with Crippen molar-refractivity contribution < 1.29 is 0 Å². The van der Waals surface area contributed by atoms with Crippen molar-refractivity contribution >= 4 is 22.4 Å². The SMILES string of the molecule is Cn1c(=O)cc(N(CC2CC2)c2ccc(C3CC3)nc2)c2nc(C#N)ccc21. The molecule has 2 saturated carbocycles. The number of pyridine rings is 3. The fourth-order valence-corrected chi connectivity index (χ4v) is 3.66. The molecular formula is C22H21N5O. The van der Waals surface area contributed by atoms with Gasteiger partial charge in [0.15, 0.2) is 0 Å². The molecular weight excluding hydrogens is 350 g/mol. The maximum atomic E-state index is 12.6. The van der Waals surface area contributed by atoms with Crippen molar-refractivity contribution in [2.75, 3.05) is 11.4 Å². The van der Waals surface area contributed by atoms with Gasteiger partial charge in [-0.05, 0) is 55.9 Å². The number of aryl methyl sites for hydroxylation is 1. The summed E-state index contributed by atoms with van der Waals surface area (Å²) in [6.07, 6.45) is 6.75. The van der Waals surface area contributed by atoms with Crippen molar-refractivity contribution in [3.05, 3.63) is 58.3 Å². The molecule has 2 fully saturated rings. The average molecular weight is 371 g/mol. The summed E-state index contributed by atoms with van der Waals surface area (Å²) in [4.78, 5) is 24.0. The summed E-state index contributed by atoms with van der Waals surface area (Å²) < 4.78 is 1.58. The van der Waals surface area contributed by atoms with E-state index in [1.54, 1.807) is 29.8 Å². The van der Waals surface area contributed by atoms with Gasteiger partial charge in [0.2, 0.25) is 0 Å². The Hall–Kier alpha value is -3.20. The highest BCUT2D eigenvalue weighted by Gasteiger charge is 2.28. The summed E-state index contributed by atoms with van der Waals surface area (Å²) in [7, 11) is 1.74. The first-order valence-electron chi connectivity index (χ1n) is 9.78. The summed E-state index contributed by atoms with van der Waals surface area (Å²) in [6.45, 7) is 0.825. The van der Waals surface area contributed by atoms with E-state index >= 15 is 0 Å². The predicted octanol–water partition coefficient (Wildman–Crippen LogP) is 3.63. The van der Waals surface area contributed by atoms with Crippen molar-refractivity contribution in [2.24, 2.45) is 13.0 Å². The van der Waals surface area contributed by atoms with E-state index in [0.717, 1.165) is 29.1 Å². The quantitative estimate of drug-likeness (QED) is 0.685. The minimum absolute atomic E-state index is 0.0858. The van der Waals surface area contributed by atoms with E-state index in [2.05, 4.69) is 33.1 Å². The lowest BCUT2D eigenvalue weighted by molar-refractivity contribution is 0.808. The Morgan fingerprint density at radius 3 is 2.68 bits per heavy atom. The molecule has 3 aromatic rings. The second kappa shape index (κ2) is 6.45. The van der Waals surface area contributed by atoms with E-state index in [1.165, 1.54) is 25.7 Å². The normalized spacial score (nSPS) is 16.1. The number of rotatable bonds is 5. The van der Waals surface area contributed by atoms with Gasteiger partial charge in [0.05, 0.1) is 23.1 Å². The van der Waals surface area contributed by atoms with Gasteiger partial charge in [0, 0.05) is 31.3 Å². The van der Waals surface area contributed by atoms with Crippen LogP contribution < -0.4 is 10.5 Å². The van der Waals surface area contributed by atoms with Gasteiger partial charge < -0.3 is 9.47 Å². The van der Waals surface area contributed by atoms with Crippen LogP contribution in [0.1, 0.15) is 43.0 Å². The molecule has 0 radical (unpaired) electrons. The molecule has 2 aliphatic carbocycles. The third-order valence-electron chi connectivity index (χ3n) is 5.69. The van der Waals surface area contributed by atoms with E-state index in [1.807, 2.05) is 6.20 Å². The Balaban J connectivity index is 1.67. The first-order chi connectivity index (χ1) is 13.6. The van der Waals surface area contributed by atoms with Crippen LogP contribution in [0.2, 0.25) is 0 Å². The van der Waals surface area contributed by atoms with E-state index < -0.39 is 0 Å². The van der Waals surface area contributed by atoms with Crippen LogP contribution in [0.4, 0.5) is 11.4 Å². The standard InChI is InChI=1S/C22H21N5O/c1-26-19-9-6-16(11-23)25-22(19)20(10-21(26)28)27(13-14-2-3-14)17-7-8-18(24-12-17)15-4-5-15/h6-10,12,14-15H,2-5,13H2,1H3. The second-order valence-electron chi connectivity index (χ2n) is 7.87. The van der Waals surface area contributed by atoms with Crippen LogP contribution in [0, 0.1) is 17.2 Å². The van der Waals surface area contributed by atoms with Gasteiger partial charge in [0.25, 0.3) is 5.56 Å². The Bertz CT molecular complexity index is 1150. The number of aromatic nitrogens is 3. The minimum atomic E-state index is -0.0858. The number of fused-ring (bicyclic) bond motifs is 1. The van der Waals surface area contributed by atoms with Crippen molar-refractivity contribution in [1.29, 1.82) is 5.26 Å². The fraction of sp³-hybridized carbons (Fsp3) is 0.364. The molecule has 5 rings (SSSR count). The van der Waals surface area contributed by atoms with Gasteiger partial charge in [-0.3, -0.25) is 9.78 Å². The maximum absolute atomic E-state index is 12.6. The molecule has 0 unspecified atom stereocenters. The van der Waals surface area contributed by atoms with E-state index in [4.69, 9.17) is 0 Å². The highest BCUT2D eigenvalue weighted by Crippen LogP contribution is 2.40. The van der Waals surface area contributed by atoms with Gasteiger partial charge in [-0.25, -0.2) is 4.98 Å². The second-order valence-corrected chi connectivity index (χ2v) is 7.87.